The van der Waals surface area contributed by atoms with Gasteiger partial charge in [-0.3, -0.25) is 0 Å². The van der Waals surface area contributed by atoms with E-state index in [0.29, 0.717) is 0 Å². The topological polar surface area (TPSA) is 40.5 Å². The summed E-state index contributed by atoms with van der Waals surface area (Å²) in [5.74, 6) is -0.145. The Morgan fingerprint density at radius 3 is 2.95 bits per heavy atom. The Morgan fingerprint density at radius 2 is 2.20 bits per heavy atom. The number of anilines is 1. The number of aliphatic carboxylic acids is 1. The molecule has 1 aliphatic heterocycles. The van der Waals surface area contributed by atoms with Gasteiger partial charge in [-0.05, 0) is 49.0 Å². The maximum Gasteiger partial charge on any atom is 0.328 e. The number of halogens is 1. The monoisotopic (exact) mass is 337 g/mol. The normalized spacial score (nSPS) is 20.1. The summed E-state index contributed by atoms with van der Waals surface area (Å²) in [7, 11) is 0. The minimum absolute atomic E-state index is 0.769. The van der Waals surface area contributed by atoms with Crippen molar-refractivity contribution in [2.24, 2.45) is 5.92 Å². The van der Waals surface area contributed by atoms with Crippen molar-refractivity contribution in [2.75, 3.05) is 18.0 Å². The molecule has 0 bridgehead atoms. The van der Waals surface area contributed by atoms with Crippen LogP contribution in [0.4, 0.5) is 5.69 Å². The van der Waals surface area contributed by atoms with Gasteiger partial charge in [0, 0.05) is 29.3 Å². The van der Waals surface area contributed by atoms with Crippen LogP contribution in [0.25, 0.3) is 6.08 Å². The van der Waals surface area contributed by atoms with Gasteiger partial charge in [-0.15, -0.1) is 0 Å². The van der Waals surface area contributed by atoms with Gasteiger partial charge in [-0.25, -0.2) is 4.79 Å². The third-order valence-corrected chi connectivity index (χ3v) is 4.25. The molecule has 108 valence electrons. The zero-order chi connectivity index (χ0) is 14.5. The Labute approximate surface area is 128 Å². The van der Waals surface area contributed by atoms with E-state index in [9.17, 15) is 4.79 Å². The van der Waals surface area contributed by atoms with Crippen LogP contribution in [0.3, 0.4) is 0 Å². The number of carbonyl (C=O) groups is 1. The molecule has 0 aliphatic carbocycles. The van der Waals surface area contributed by atoms with E-state index >= 15 is 0 Å². The summed E-state index contributed by atoms with van der Waals surface area (Å²) in [4.78, 5) is 13.1. The smallest absolute Gasteiger partial charge is 0.328 e. The number of nitrogens with zero attached hydrogens (tertiary/aromatic N) is 1. The average molecular weight is 338 g/mol. The molecular formula is C16H20BrNO2. The highest BCUT2D eigenvalue weighted by molar-refractivity contribution is 9.10. The number of rotatable bonds is 3. The van der Waals surface area contributed by atoms with Gasteiger partial charge in [0.05, 0.1) is 0 Å². The van der Waals surface area contributed by atoms with Crippen molar-refractivity contribution in [3.8, 4) is 0 Å². The molecule has 20 heavy (non-hydrogen) atoms. The van der Waals surface area contributed by atoms with Crippen LogP contribution in [-0.2, 0) is 4.79 Å². The fraction of sp³-hybridized carbons (Fsp3) is 0.438. The van der Waals surface area contributed by atoms with Crippen molar-refractivity contribution in [1.82, 2.24) is 0 Å². The van der Waals surface area contributed by atoms with Gasteiger partial charge >= 0.3 is 5.97 Å². The number of hydrogen-bond acceptors (Lipinski definition) is 2. The molecule has 1 aliphatic rings. The van der Waals surface area contributed by atoms with Crippen LogP contribution in [-0.4, -0.2) is 24.2 Å². The van der Waals surface area contributed by atoms with Crippen LogP contribution >= 0.6 is 15.9 Å². The van der Waals surface area contributed by atoms with E-state index in [1.54, 1.807) is 6.08 Å². The Kier molecular flexibility index (Phi) is 5.24. The number of carboxylic acids is 1. The molecule has 3 nitrogen and oxygen atoms in total. The number of benzene rings is 1. The van der Waals surface area contributed by atoms with E-state index in [1.807, 2.05) is 12.1 Å². The average Bonchev–Trinajstić information content (AvgIpc) is 2.62. The Balaban J connectivity index is 2.28. The van der Waals surface area contributed by atoms with Crippen molar-refractivity contribution in [3.63, 3.8) is 0 Å². The molecule has 1 unspecified atom stereocenters. The van der Waals surface area contributed by atoms with Gasteiger partial charge in [0.2, 0.25) is 0 Å². The molecule has 1 aromatic carbocycles. The van der Waals surface area contributed by atoms with Gasteiger partial charge < -0.3 is 10.0 Å². The fourth-order valence-corrected chi connectivity index (χ4v) is 2.95. The maximum absolute atomic E-state index is 10.7. The van der Waals surface area contributed by atoms with Crippen molar-refractivity contribution in [2.45, 2.75) is 26.2 Å². The summed E-state index contributed by atoms with van der Waals surface area (Å²) in [6.45, 7) is 4.37. The minimum Gasteiger partial charge on any atom is -0.478 e. The SMILES string of the molecule is CC1CCCN(c2cc(Br)ccc2C=CC(=O)O)CC1. The van der Waals surface area contributed by atoms with Gasteiger partial charge in [-0.1, -0.05) is 28.9 Å². The lowest BCUT2D eigenvalue weighted by atomic mass is 10.0. The van der Waals surface area contributed by atoms with Gasteiger partial charge in [0.15, 0.2) is 0 Å². The second-order valence-corrected chi connectivity index (χ2v) is 6.31. The summed E-state index contributed by atoms with van der Waals surface area (Å²) in [6.07, 6.45) is 6.53. The van der Waals surface area contributed by atoms with Gasteiger partial charge in [0.1, 0.15) is 0 Å². The lowest BCUT2D eigenvalue weighted by Crippen LogP contribution is -2.24. The van der Waals surface area contributed by atoms with E-state index < -0.39 is 5.97 Å². The van der Waals surface area contributed by atoms with Crippen LogP contribution < -0.4 is 4.90 Å². The van der Waals surface area contributed by atoms with Crippen molar-refractivity contribution < 1.29 is 9.90 Å². The molecule has 1 saturated heterocycles. The summed E-state index contributed by atoms with van der Waals surface area (Å²) in [5, 5.41) is 8.80. The van der Waals surface area contributed by atoms with E-state index in [0.717, 1.165) is 34.7 Å². The molecule has 4 heteroatoms. The van der Waals surface area contributed by atoms with Crippen LogP contribution in [0.1, 0.15) is 31.7 Å². The van der Waals surface area contributed by atoms with Crippen LogP contribution in [0.2, 0.25) is 0 Å². The second-order valence-electron chi connectivity index (χ2n) is 5.40. The van der Waals surface area contributed by atoms with Crippen LogP contribution in [0, 0.1) is 5.92 Å². The van der Waals surface area contributed by atoms with E-state index in [4.69, 9.17) is 5.11 Å². The summed E-state index contributed by atoms with van der Waals surface area (Å²) in [5.41, 5.74) is 2.08. The predicted octanol–water partition coefficient (Wildman–Crippen LogP) is 4.17. The molecule has 0 aromatic heterocycles. The van der Waals surface area contributed by atoms with Crippen LogP contribution in [0.5, 0.6) is 0 Å². The summed E-state index contributed by atoms with van der Waals surface area (Å²) < 4.78 is 1.03. The largest absolute Gasteiger partial charge is 0.478 e. The molecule has 1 fully saturated rings. The Bertz CT molecular complexity index is 513. The Hall–Kier alpha value is -1.29. The molecule has 2 rings (SSSR count). The molecule has 0 saturated carbocycles. The predicted molar refractivity (Wildman–Crippen MR) is 86.0 cm³/mol. The standard InChI is InChI=1S/C16H20BrNO2/c1-12-3-2-9-18(10-8-12)15-11-14(17)6-4-13(15)5-7-16(19)20/h4-7,11-12H,2-3,8-10H2,1H3,(H,19,20). The van der Waals surface area contributed by atoms with E-state index in [-0.39, 0.29) is 0 Å². The first-order valence-electron chi connectivity index (χ1n) is 7.02. The van der Waals surface area contributed by atoms with Crippen molar-refractivity contribution >= 4 is 33.7 Å². The first-order valence-corrected chi connectivity index (χ1v) is 7.81. The number of hydrogen-bond donors (Lipinski definition) is 1. The van der Waals surface area contributed by atoms with Crippen molar-refractivity contribution in [3.05, 3.63) is 34.3 Å². The lowest BCUT2D eigenvalue weighted by Gasteiger charge is -2.25. The third-order valence-electron chi connectivity index (χ3n) is 3.76. The van der Waals surface area contributed by atoms with Crippen molar-refractivity contribution in [1.29, 1.82) is 0 Å². The zero-order valence-electron chi connectivity index (χ0n) is 11.7. The molecule has 1 aromatic rings. The Morgan fingerprint density at radius 1 is 1.40 bits per heavy atom. The first-order chi connectivity index (χ1) is 9.56. The summed E-state index contributed by atoms with van der Waals surface area (Å²) >= 11 is 3.51. The molecule has 0 amide bonds. The first kappa shape index (κ1) is 15.1. The maximum atomic E-state index is 10.7. The molecular weight excluding hydrogens is 318 g/mol. The number of carboxylic acid groups (broad SMARTS) is 1. The molecule has 0 radical (unpaired) electrons. The van der Waals surface area contributed by atoms with E-state index in [1.165, 1.54) is 25.3 Å². The molecule has 1 atom stereocenters. The molecule has 1 heterocycles. The zero-order valence-corrected chi connectivity index (χ0v) is 13.3. The quantitative estimate of drug-likeness (QED) is 0.841. The minimum atomic E-state index is -0.914. The van der Waals surface area contributed by atoms with Crippen LogP contribution in [0.15, 0.2) is 28.7 Å². The van der Waals surface area contributed by atoms with E-state index in [2.05, 4.69) is 33.8 Å². The van der Waals surface area contributed by atoms with Gasteiger partial charge in [-0.2, -0.15) is 0 Å². The highest BCUT2D eigenvalue weighted by Gasteiger charge is 2.16. The highest BCUT2D eigenvalue weighted by atomic mass is 79.9. The lowest BCUT2D eigenvalue weighted by molar-refractivity contribution is -0.131. The fourth-order valence-electron chi connectivity index (χ4n) is 2.60. The second kappa shape index (κ2) is 6.93. The molecule has 0 spiro atoms. The van der Waals surface area contributed by atoms with Gasteiger partial charge in [0.25, 0.3) is 0 Å². The highest BCUT2D eigenvalue weighted by Crippen LogP contribution is 2.29. The third kappa shape index (κ3) is 4.10. The summed E-state index contributed by atoms with van der Waals surface area (Å²) in [6, 6.07) is 6.00. The molecule has 1 N–H and O–H groups in total.